The number of rotatable bonds is 1. The summed E-state index contributed by atoms with van der Waals surface area (Å²) in [5, 5.41) is 9.22. The Hall–Kier alpha value is -1.58. The number of fused-ring (bicyclic) bond motifs is 3. The first-order valence-electron chi connectivity index (χ1n) is 5.94. The second kappa shape index (κ2) is 3.72. The molecule has 0 aromatic heterocycles. The third kappa shape index (κ3) is 1.59. The lowest BCUT2D eigenvalue weighted by atomic mass is 9.88. The number of carboxylic acid groups (broad SMARTS) is 1. The molecule has 0 aliphatic carbocycles. The van der Waals surface area contributed by atoms with E-state index in [2.05, 4.69) is 4.90 Å². The van der Waals surface area contributed by atoms with Crippen molar-refractivity contribution in [2.75, 3.05) is 11.4 Å². The lowest BCUT2D eigenvalue weighted by Crippen LogP contribution is -2.46. The lowest BCUT2D eigenvalue weighted by molar-refractivity contribution is -0.143. The van der Waals surface area contributed by atoms with Gasteiger partial charge in [-0.05, 0) is 43.0 Å². The average Bonchev–Trinajstić information content (AvgIpc) is 2.65. The van der Waals surface area contributed by atoms with Gasteiger partial charge < -0.3 is 10.0 Å². The van der Waals surface area contributed by atoms with Gasteiger partial charge in [0.25, 0.3) is 0 Å². The number of carbonyl (C=O) groups is 1. The van der Waals surface area contributed by atoms with Crippen LogP contribution in [0.1, 0.15) is 18.4 Å². The number of anilines is 1. The number of carboxylic acids is 1. The third-order valence-corrected chi connectivity index (χ3v) is 3.88. The molecule has 2 heterocycles. The molecule has 1 aromatic rings. The molecule has 1 N–H and O–H groups in total. The van der Waals surface area contributed by atoms with E-state index in [1.165, 1.54) is 12.1 Å². The number of piperidine rings is 1. The normalized spacial score (nSPS) is 26.5. The summed E-state index contributed by atoms with van der Waals surface area (Å²) in [6.45, 7) is 0.882. The van der Waals surface area contributed by atoms with Crippen molar-refractivity contribution in [3.63, 3.8) is 0 Å². The number of hydrogen-bond acceptors (Lipinski definition) is 2. The molecule has 0 bridgehead atoms. The summed E-state index contributed by atoms with van der Waals surface area (Å²) in [5.74, 6) is -1.29. The van der Waals surface area contributed by atoms with E-state index < -0.39 is 5.97 Å². The number of nitrogens with zero attached hydrogens (tertiary/aromatic N) is 1. The van der Waals surface area contributed by atoms with Crippen LogP contribution in [0.3, 0.4) is 0 Å². The molecule has 2 unspecified atom stereocenters. The Morgan fingerprint density at radius 2 is 2.29 bits per heavy atom. The highest BCUT2D eigenvalue weighted by Crippen LogP contribution is 2.39. The maximum atomic E-state index is 13.2. The largest absolute Gasteiger partial charge is 0.481 e. The van der Waals surface area contributed by atoms with E-state index in [9.17, 15) is 14.3 Å². The van der Waals surface area contributed by atoms with Gasteiger partial charge in [-0.1, -0.05) is 0 Å². The van der Waals surface area contributed by atoms with Gasteiger partial charge in [0.05, 0.1) is 5.92 Å². The quantitative estimate of drug-likeness (QED) is 0.810. The molecule has 1 saturated heterocycles. The zero-order valence-electron chi connectivity index (χ0n) is 9.40. The topological polar surface area (TPSA) is 40.5 Å². The van der Waals surface area contributed by atoms with Crippen LogP contribution in [0.15, 0.2) is 18.2 Å². The third-order valence-electron chi connectivity index (χ3n) is 3.88. The summed E-state index contributed by atoms with van der Waals surface area (Å²) in [7, 11) is 0. The highest BCUT2D eigenvalue weighted by Gasteiger charge is 2.40. The zero-order valence-corrected chi connectivity index (χ0v) is 9.40. The van der Waals surface area contributed by atoms with E-state index in [4.69, 9.17) is 0 Å². The zero-order chi connectivity index (χ0) is 12.0. The molecule has 0 saturated carbocycles. The van der Waals surface area contributed by atoms with E-state index in [0.29, 0.717) is 6.42 Å². The standard InChI is InChI=1S/C13H14FNO2/c14-9-3-4-11-8(6-9)7-12-10(13(16)17)2-1-5-15(11)12/h3-4,6,10,12H,1-2,5,7H2,(H,16,17). The first-order chi connectivity index (χ1) is 8.16. The molecule has 2 aliphatic rings. The van der Waals surface area contributed by atoms with Gasteiger partial charge in [0.2, 0.25) is 0 Å². The summed E-state index contributed by atoms with van der Waals surface area (Å²) in [6, 6.07) is 4.77. The highest BCUT2D eigenvalue weighted by atomic mass is 19.1. The van der Waals surface area contributed by atoms with Crippen LogP contribution in [0.25, 0.3) is 0 Å². The molecule has 0 spiro atoms. The van der Waals surface area contributed by atoms with Crippen LogP contribution in [0.4, 0.5) is 10.1 Å². The minimum absolute atomic E-state index is 0.0121. The molecule has 3 nitrogen and oxygen atoms in total. The van der Waals surface area contributed by atoms with Crippen molar-refractivity contribution in [2.24, 2.45) is 5.92 Å². The smallest absolute Gasteiger partial charge is 0.308 e. The Morgan fingerprint density at radius 1 is 1.47 bits per heavy atom. The number of aliphatic carboxylic acids is 1. The van der Waals surface area contributed by atoms with Crippen LogP contribution in [0, 0.1) is 11.7 Å². The SMILES string of the molecule is O=C(O)C1CCCN2c3ccc(F)cc3CC12. The molecule has 1 aromatic carbocycles. The monoisotopic (exact) mass is 235 g/mol. The van der Waals surface area contributed by atoms with Crippen LogP contribution in [-0.2, 0) is 11.2 Å². The summed E-state index contributed by atoms with van der Waals surface area (Å²) in [5.41, 5.74) is 1.96. The Balaban J connectivity index is 1.97. The maximum Gasteiger partial charge on any atom is 0.308 e. The van der Waals surface area contributed by atoms with Crippen LogP contribution in [0.5, 0.6) is 0 Å². The predicted octanol–water partition coefficient (Wildman–Crippen LogP) is 2.05. The van der Waals surface area contributed by atoms with E-state index in [-0.39, 0.29) is 17.8 Å². The van der Waals surface area contributed by atoms with Crippen molar-refractivity contribution in [1.29, 1.82) is 0 Å². The maximum absolute atomic E-state index is 13.2. The Morgan fingerprint density at radius 3 is 3.06 bits per heavy atom. The highest BCUT2D eigenvalue weighted by molar-refractivity contribution is 5.74. The molecule has 0 radical (unpaired) electrons. The van der Waals surface area contributed by atoms with E-state index in [1.807, 2.05) is 0 Å². The molecule has 90 valence electrons. The molecule has 1 fully saturated rings. The average molecular weight is 235 g/mol. The van der Waals surface area contributed by atoms with Crippen molar-refractivity contribution >= 4 is 11.7 Å². The Bertz CT molecular complexity index is 474. The Labute approximate surface area is 98.9 Å². The predicted molar refractivity (Wildman–Crippen MR) is 61.6 cm³/mol. The van der Waals surface area contributed by atoms with E-state index >= 15 is 0 Å². The van der Waals surface area contributed by atoms with Crippen molar-refractivity contribution < 1.29 is 14.3 Å². The molecule has 2 aliphatic heterocycles. The van der Waals surface area contributed by atoms with Gasteiger partial charge in [-0.2, -0.15) is 0 Å². The second-order valence-corrected chi connectivity index (χ2v) is 4.82. The molecule has 0 amide bonds. The van der Waals surface area contributed by atoms with Gasteiger partial charge in [-0.3, -0.25) is 4.79 Å². The minimum Gasteiger partial charge on any atom is -0.481 e. The van der Waals surface area contributed by atoms with Gasteiger partial charge in [0.1, 0.15) is 5.82 Å². The summed E-state index contributed by atoms with van der Waals surface area (Å²) in [4.78, 5) is 13.4. The first kappa shape index (κ1) is 10.6. The van der Waals surface area contributed by atoms with Crippen LogP contribution < -0.4 is 4.90 Å². The molecule has 17 heavy (non-hydrogen) atoms. The number of benzene rings is 1. The van der Waals surface area contributed by atoms with Gasteiger partial charge in [0, 0.05) is 18.3 Å². The van der Waals surface area contributed by atoms with E-state index in [0.717, 1.165) is 30.6 Å². The van der Waals surface area contributed by atoms with E-state index in [1.54, 1.807) is 6.07 Å². The van der Waals surface area contributed by atoms with Crippen molar-refractivity contribution in [2.45, 2.75) is 25.3 Å². The van der Waals surface area contributed by atoms with Gasteiger partial charge >= 0.3 is 5.97 Å². The van der Waals surface area contributed by atoms with Crippen LogP contribution in [-0.4, -0.2) is 23.7 Å². The Kier molecular flexibility index (Phi) is 2.31. The summed E-state index contributed by atoms with van der Waals surface area (Å²) >= 11 is 0. The van der Waals surface area contributed by atoms with Crippen molar-refractivity contribution in [3.8, 4) is 0 Å². The van der Waals surface area contributed by atoms with Crippen LogP contribution >= 0.6 is 0 Å². The summed E-state index contributed by atoms with van der Waals surface area (Å²) in [6.07, 6.45) is 2.28. The number of hydrogen-bond donors (Lipinski definition) is 1. The van der Waals surface area contributed by atoms with Gasteiger partial charge in [0.15, 0.2) is 0 Å². The first-order valence-corrected chi connectivity index (χ1v) is 5.94. The molecule has 2 atom stereocenters. The lowest BCUT2D eigenvalue weighted by Gasteiger charge is -2.36. The van der Waals surface area contributed by atoms with Crippen LogP contribution in [0.2, 0.25) is 0 Å². The summed E-state index contributed by atoms with van der Waals surface area (Å²) < 4.78 is 13.2. The van der Waals surface area contributed by atoms with Gasteiger partial charge in [-0.25, -0.2) is 4.39 Å². The fourth-order valence-electron chi connectivity index (χ4n) is 3.12. The van der Waals surface area contributed by atoms with Gasteiger partial charge in [-0.15, -0.1) is 0 Å². The molecule has 4 heteroatoms. The van der Waals surface area contributed by atoms with Crippen molar-refractivity contribution in [1.82, 2.24) is 0 Å². The second-order valence-electron chi connectivity index (χ2n) is 4.82. The number of halogens is 1. The minimum atomic E-state index is -0.729. The fourth-order valence-corrected chi connectivity index (χ4v) is 3.12. The molecular weight excluding hydrogens is 221 g/mol. The van der Waals surface area contributed by atoms with Crippen molar-refractivity contribution in [3.05, 3.63) is 29.6 Å². The molecular formula is C13H14FNO2. The fraction of sp³-hybridized carbons (Fsp3) is 0.462. The molecule has 3 rings (SSSR count).